The van der Waals surface area contributed by atoms with Crippen LogP contribution in [0.2, 0.25) is 0 Å². The van der Waals surface area contributed by atoms with Gasteiger partial charge in [-0.1, -0.05) is 0 Å². The number of aliphatic hydroxyl groups excluding tert-OH is 1. The van der Waals surface area contributed by atoms with E-state index in [9.17, 15) is 10.00 Å². The Morgan fingerprint density at radius 1 is 0.853 bits per heavy atom. The van der Waals surface area contributed by atoms with Gasteiger partial charge in [0.2, 0.25) is 0 Å². The van der Waals surface area contributed by atoms with E-state index in [0.717, 1.165) is 0 Å². The molecule has 34 heavy (non-hydrogen) atoms. The summed E-state index contributed by atoms with van der Waals surface area (Å²) in [5, 5.41) is 9.64. The van der Waals surface area contributed by atoms with Crippen molar-refractivity contribution in [2.24, 2.45) is 0 Å². The summed E-state index contributed by atoms with van der Waals surface area (Å²) in [4.78, 5) is 10.7. The first-order chi connectivity index (χ1) is 16.3. The fourth-order valence-corrected chi connectivity index (χ4v) is 5.12. The summed E-state index contributed by atoms with van der Waals surface area (Å²) in [7, 11) is 15.1. The van der Waals surface area contributed by atoms with Crippen molar-refractivity contribution in [3.05, 3.63) is 0 Å². The largest absolute Gasteiger partial charge is 0.394 e. The summed E-state index contributed by atoms with van der Waals surface area (Å²) in [5.74, 6) is 0.472. The zero-order valence-electron chi connectivity index (χ0n) is 19.3. The van der Waals surface area contributed by atoms with Crippen molar-refractivity contribution in [3.63, 3.8) is 0 Å². The highest BCUT2D eigenvalue weighted by Crippen LogP contribution is 2.48. The van der Waals surface area contributed by atoms with E-state index in [-0.39, 0.29) is 13.2 Å². The Hall–Kier alpha value is 0.690. The normalized spacial score (nSPS) is 35.6. The molecule has 4 radical (unpaired) electrons. The Bertz CT molecular complexity index is 628. The molecule has 0 aromatic heterocycles. The summed E-state index contributed by atoms with van der Waals surface area (Å²) < 4.78 is 49.6. The number of thiol groups is 1. The molecule has 0 amide bonds. The molecule has 2 rings (SSSR count). The number of hydrogen-bond acceptors (Lipinski definition) is 12. The van der Waals surface area contributed by atoms with Gasteiger partial charge in [-0.25, -0.2) is 0 Å². The maximum absolute atomic E-state index is 10.7. The molecule has 0 spiro atoms. The van der Waals surface area contributed by atoms with E-state index >= 15 is 0 Å². The lowest BCUT2D eigenvalue weighted by Crippen LogP contribution is -2.40. The van der Waals surface area contributed by atoms with E-state index in [4.69, 9.17) is 69.7 Å². The summed E-state index contributed by atoms with van der Waals surface area (Å²) in [6, 6.07) is -1.68. The lowest BCUT2D eigenvalue weighted by atomic mass is 9.93. The van der Waals surface area contributed by atoms with Gasteiger partial charge < -0.3 is 47.7 Å². The summed E-state index contributed by atoms with van der Waals surface area (Å²) >= 11 is 9.35. The van der Waals surface area contributed by atoms with Crippen molar-refractivity contribution in [2.45, 2.75) is 48.6 Å². The van der Waals surface area contributed by atoms with Gasteiger partial charge in [0.25, 0.3) is 0 Å². The minimum atomic E-state index is -3.84. The molecule has 5 unspecified atom stereocenters. The molecule has 0 aliphatic carbocycles. The van der Waals surface area contributed by atoms with Crippen molar-refractivity contribution in [1.82, 2.24) is 0 Å². The van der Waals surface area contributed by atoms with Gasteiger partial charge >= 0.3 is 6.72 Å². The lowest BCUT2D eigenvalue weighted by Gasteiger charge is -2.28. The van der Waals surface area contributed by atoms with Gasteiger partial charge in [0.05, 0.1) is 46.2 Å². The van der Waals surface area contributed by atoms with E-state index in [2.05, 4.69) is 12.6 Å². The Labute approximate surface area is 213 Å². The number of ether oxygens (including phenoxy) is 7. The van der Waals surface area contributed by atoms with Gasteiger partial charge in [-0.05, 0) is 11.8 Å². The first-order valence-corrected chi connectivity index (χ1v) is 14.0. The van der Waals surface area contributed by atoms with Crippen LogP contribution in [0.25, 0.3) is 0 Å². The Morgan fingerprint density at radius 2 is 1.38 bits per heavy atom. The highest BCUT2D eigenvalue weighted by atomic mass is 32.5. The van der Waals surface area contributed by atoms with Crippen LogP contribution in [0.3, 0.4) is 0 Å². The molecule has 0 saturated carbocycles. The Morgan fingerprint density at radius 3 is 1.91 bits per heavy atom. The van der Waals surface area contributed by atoms with E-state index in [0.29, 0.717) is 32.2 Å². The molecule has 2 aliphatic rings. The van der Waals surface area contributed by atoms with Gasteiger partial charge in [0, 0.05) is 32.0 Å². The maximum Gasteiger partial charge on any atom is 0.325 e. The molecule has 0 aromatic rings. The third-order valence-electron chi connectivity index (χ3n) is 5.13. The first-order valence-electron chi connectivity index (χ1n) is 10.8. The quantitative estimate of drug-likeness (QED) is 0.0883. The highest BCUT2D eigenvalue weighted by Gasteiger charge is 2.47. The van der Waals surface area contributed by atoms with Crippen LogP contribution in [0.5, 0.6) is 0 Å². The summed E-state index contributed by atoms with van der Waals surface area (Å²) in [5.41, 5.74) is 0. The van der Waals surface area contributed by atoms with E-state index in [1.54, 1.807) is 7.11 Å². The van der Waals surface area contributed by atoms with Crippen LogP contribution in [0.4, 0.5) is 0 Å². The van der Waals surface area contributed by atoms with Crippen LogP contribution in [0, 0.1) is 0 Å². The molecule has 194 valence electrons. The monoisotopic (exact) mass is 542 g/mol. The minimum Gasteiger partial charge on any atom is -0.394 e. The van der Waals surface area contributed by atoms with Crippen LogP contribution in [0.15, 0.2) is 0 Å². The number of rotatable bonds is 17. The second kappa shape index (κ2) is 15.8. The van der Waals surface area contributed by atoms with Crippen molar-refractivity contribution in [2.75, 3.05) is 66.2 Å². The number of methoxy groups -OCH3 is 2. The topological polar surface area (TPSA) is 124 Å². The van der Waals surface area contributed by atoms with Crippen LogP contribution in [-0.4, -0.2) is 141 Å². The predicted octanol–water partition coefficient (Wildman–Crippen LogP) is -1.24. The number of hydrogen-bond donors (Lipinski definition) is 3. The van der Waals surface area contributed by atoms with Crippen molar-refractivity contribution >= 4 is 46.8 Å². The molecular formula is C18H33B2O11PS2. The second-order valence-electron chi connectivity index (χ2n) is 7.51. The smallest absolute Gasteiger partial charge is 0.325 e. The molecule has 0 bridgehead atoms. The molecule has 11 nitrogen and oxygen atoms in total. The van der Waals surface area contributed by atoms with Crippen LogP contribution in [0.1, 0.15) is 0 Å². The zero-order chi connectivity index (χ0) is 25.1. The molecule has 2 aliphatic heterocycles. The minimum absolute atomic E-state index is 0.179. The molecule has 2 saturated heterocycles. The molecule has 2 heterocycles. The van der Waals surface area contributed by atoms with Crippen LogP contribution in [-0.2, 0) is 54.0 Å². The van der Waals surface area contributed by atoms with Crippen LogP contribution < -0.4 is 0 Å². The van der Waals surface area contributed by atoms with Gasteiger partial charge in [-0.3, -0.25) is 4.52 Å². The molecule has 9 atom stereocenters. The zero-order valence-corrected chi connectivity index (χ0v) is 21.9. The molecule has 2 N–H and O–H groups in total. The standard InChI is InChI=1S/C18H33B2O11PS2/c1-23-3-5-25-15-13(27-7-8-33)12(30-17(15)19)10-28-32(22,34)31-14-11(9-21)29-18(20)16(14)26-6-4-24-2/h11-18,21,33H,3-10H2,1-2H3,(H,22,34)/t11-,12-,13?,14?,15?,16?,17-,18-,32?/m1/s1. The summed E-state index contributed by atoms with van der Waals surface area (Å²) in [6.07, 6.45) is -4.48. The van der Waals surface area contributed by atoms with E-state index in [1.165, 1.54) is 7.11 Å². The molecule has 2 fully saturated rings. The van der Waals surface area contributed by atoms with Crippen molar-refractivity contribution < 1.29 is 52.2 Å². The van der Waals surface area contributed by atoms with Crippen LogP contribution >= 0.6 is 19.3 Å². The predicted molar refractivity (Wildman–Crippen MR) is 130 cm³/mol. The fourth-order valence-electron chi connectivity index (χ4n) is 3.58. The maximum atomic E-state index is 10.7. The first kappa shape index (κ1) is 30.9. The second-order valence-corrected chi connectivity index (χ2v) is 10.7. The number of aliphatic hydroxyl groups is 1. The molecule has 16 heteroatoms. The fraction of sp³-hybridized carbons (Fsp3) is 1.00. The Kier molecular flexibility index (Phi) is 14.4. The van der Waals surface area contributed by atoms with Crippen molar-refractivity contribution in [3.8, 4) is 0 Å². The SMILES string of the molecule is [B][C@@H]1O[C@H](COP(O)(=S)OC2C(OCCOC)[C@H]([B])O[C@@H]2CO)C(OCCS)C1OCCOC. The third kappa shape index (κ3) is 9.21. The van der Waals surface area contributed by atoms with E-state index < -0.39 is 62.0 Å². The highest BCUT2D eigenvalue weighted by molar-refractivity contribution is 8.07. The van der Waals surface area contributed by atoms with Gasteiger partial charge in [-0.2, -0.15) is 12.6 Å². The summed E-state index contributed by atoms with van der Waals surface area (Å²) in [6.45, 7) is -2.93. The average Bonchev–Trinajstić information content (AvgIpc) is 3.26. The van der Waals surface area contributed by atoms with Crippen molar-refractivity contribution in [1.29, 1.82) is 0 Å². The van der Waals surface area contributed by atoms with Gasteiger partial charge in [0.1, 0.15) is 52.3 Å². The third-order valence-corrected chi connectivity index (χ3v) is 6.87. The van der Waals surface area contributed by atoms with E-state index in [1.807, 2.05) is 0 Å². The van der Waals surface area contributed by atoms with Gasteiger partial charge in [-0.15, -0.1) is 0 Å². The molecular weight excluding hydrogens is 509 g/mol. The average molecular weight is 542 g/mol. The lowest BCUT2D eigenvalue weighted by molar-refractivity contribution is -0.0739. The van der Waals surface area contributed by atoms with Gasteiger partial charge in [0.15, 0.2) is 0 Å². The Balaban J connectivity index is 2.00. The molecule has 0 aromatic carbocycles.